The summed E-state index contributed by atoms with van der Waals surface area (Å²) in [4.78, 5) is 27.5. The van der Waals surface area contributed by atoms with Crippen LogP contribution in [-0.2, 0) is 9.53 Å². The third kappa shape index (κ3) is 6.06. The Bertz CT molecular complexity index is 1090. The molecule has 0 bridgehead atoms. The highest BCUT2D eigenvalue weighted by Gasteiger charge is 2.19. The Hall–Kier alpha value is -3.49. The smallest absolute Gasteiger partial charge is 0.255 e. The lowest BCUT2D eigenvalue weighted by Crippen LogP contribution is -2.43. The van der Waals surface area contributed by atoms with Crippen LogP contribution in [0.1, 0.15) is 15.9 Å². The first-order valence-corrected chi connectivity index (χ1v) is 11.2. The van der Waals surface area contributed by atoms with E-state index in [1.807, 2.05) is 61.5 Å². The monoisotopic (exact) mass is 447 g/mol. The highest BCUT2D eigenvalue weighted by molar-refractivity contribution is 6.01. The molecule has 0 atom stereocenters. The van der Waals surface area contributed by atoms with Crippen molar-refractivity contribution in [2.24, 2.45) is 0 Å². The van der Waals surface area contributed by atoms with Crippen LogP contribution in [0.3, 0.4) is 0 Å². The van der Waals surface area contributed by atoms with Crippen LogP contribution >= 0.6 is 0 Å². The first-order chi connectivity index (χ1) is 16.1. The fraction of sp³-hybridized carbons (Fsp3) is 0.320. The van der Waals surface area contributed by atoms with E-state index in [0.717, 1.165) is 49.7 Å². The third-order valence-electron chi connectivity index (χ3n) is 5.53. The number of carbonyl (C=O) groups is 2. The largest absolute Gasteiger partial charge is 0.379 e. The maximum Gasteiger partial charge on any atom is 0.255 e. The number of benzene rings is 2. The molecule has 1 aromatic heterocycles. The second kappa shape index (κ2) is 10.9. The predicted molar refractivity (Wildman–Crippen MR) is 126 cm³/mol. The zero-order valence-electron chi connectivity index (χ0n) is 18.8. The minimum absolute atomic E-state index is 0.0915. The first kappa shape index (κ1) is 22.7. The zero-order valence-corrected chi connectivity index (χ0v) is 18.8. The number of carbonyl (C=O) groups excluding carboxylic acids is 2. The molecular formula is C25H29N5O3. The molecule has 4 rings (SSSR count). The molecule has 1 saturated heterocycles. The van der Waals surface area contributed by atoms with Crippen molar-refractivity contribution in [2.75, 3.05) is 45.9 Å². The van der Waals surface area contributed by atoms with Gasteiger partial charge in [0.2, 0.25) is 5.91 Å². The molecule has 2 amide bonds. The minimum atomic E-state index is -0.336. The van der Waals surface area contributed by atoms with Crippen molar-refractivity contribution in [2.45, 2.75) is 6.92 Å². The van der Waals surface area contributed by atoms with Crippen LogP contribution in [0.4, 0.5) is 0 Å². The Kier molecular flexibility index (Phi) is 7.49. The summed E-state index contributed by atoms with van der Waals surface area (Å²) in [6, 6.07) is 17.5. The van der Waals surface area contributed by atoms with Crippen LogP contribution in [0.15, 0.2) is 60.8 Å². The van der Waals surface area contributed by atoms with Crippen molar-refractivity contribution in [3.63, 3.8) is 0 Å². The maximum atomic E-state index is 13.0. The summed E-state index contributed by atoms with van der Waals surface area (Å²) >= 11 is 0. The summed E-state index contributed by atoms with van der Waals surface area (Å²) in [5, 5.41) is 10.3. The fourth-order valence-corrected chi connectivity index (χ4v) is 3.76. The molecule has 2 heterocycles. The summed E-state index contributed by atoms with van der Waals surface area (Å²) in [5.41, 5.74) is 3.78. The standard InChI is InChI=1S/C25H29N5O3/c1-19-6-5-7-20(16-19)24-22(18-30(28-24)21-8-3-2-4-9-21)25(32)27-17-23(31)26-10-11-29-12-14-33-15-13-29/h2-9,16,18H,10-15,17H2,1H3,(H,26,31)(H,27,32). The average Bonchev–Trinajstić information content (AvgIpc) is 3.30. The summed E-state index contributed by atoms with van der Waals surface area (Å²) < 4.78 is 7.02. The van der Waals surface area contributed by atoms with Gasteiger partial charge in [0.05, 0.1) is 31.0 Å². The SMILES string of the molecule is Cc1cccc(-c2nn(-c3ccccc3)cc2C(=O)NCC(=O)NCCN2CCOCC2)c1. The van der Waals surface area contributed by atoms with Gasteiger partial charge in [-0.1, -0.05) is 42.0 Å². The number of ether oxygens (including phenoxy) is 1. The molecule has 2 N–H and O–H groups in total. The molecule has 1 aliphatic rings. The number of aromatic nitrogens is 2. The van der Waals surface area contributed by atoms with E-state index in [2.05, 4.69) is 20.6 Å². The highest BCUT2D eigenvalue weighted by Crippen LogP contribution is 2.24. The van der Waals surface area contributed by atoms with Crippen LogP contribution in [0.25, 0.3) is 16.9 Å². The number of aryl methyl sites for hydroxylation is 1. The Morgan fingerprint density at radius 1 is 1.03 bits per heavy atom. The van der Waals surface area contributed by atoms with Gasteiger partial charge in [-0.3, -0.25) is 14.5 Å². The molecule has 8 nitrogen and oxygen atoms in total. The molecule has 8 heteroatoms. The number of nitrogens with zero attached hydrogens (tertiary/aromatic N) is 3. The van der Waals surface area contributed by atoms with Crippen molar-refractivity contribution in [3.05, 3.63) is 71.9 Å². The van der Waals surface area contributed by atoms with Gasteiger partial charge in [0.1, 0.15) is 5.69 Å². The normalized spacial score (nSPS) is 14.1. The number of rotatable bonds is 8. The topological polar surface area (TPSA) is 88.5 Å². The molecule has 0 saturated carbocycles. The van der Waals surface area contributed by atoms with E-state index in [1.54, 1.807) is 10.9 Å². The van der Waals surface area contributed by atoms with Gasteiger partial charge in [-0.15, -0.1) is 0 Å². The predicted octanol–water partition coefficient (Wildman–Crippen LogP) is 2.03. The molecule has 33 heavy (non-hydrogen) atoms. The second-order valence-corrected chi connectivity index (χ2v) is 8.03. The van der Waals surface area contributed by atoms with Crippen molar-refractivity contribution >= 4 is 11.8 Å². The number of hydrogen-bond donors (Lipinski definition) is 2. The molecule has 1 aliphatic heterocycles. The summed E-state index contributed by atoms with van der Waals surface area (Å²) in [6.07, 6.45) is 1.71. The molecule has 0 aliphatic carbocycles. The number of para-hydroxylation sites is 1. The molecule has 3 aromatic rings. The van der Waals surface area contributed by atoms with E-state index in [1.165, 1.54) is 0 Å². The molecule has 1 fully saturated rings. The summed E-state index contributed by atoms with van der Waals surface area (Å²) in [5.74, 6) is -0.554. The van der Waals surface area contributed by atoms with E-state index in [-0.39, 0.29) is 18.4 Å². The quantitative estimate of drug-likeness (QED) is 0.552. The maximum absolute atomic E-state index is 13.0. The molecular weight excluding hydrogens is 418 g/mol. The van der Waals surface area contributed by atoms with E-state index < -0.39 is 0 Å². The lowest BCUT2D eigenvalue weighted by molar-refractivity contribution is -0.120. The molecule has 172 valence electrons. The number of amides is 2. The van der Waals surface area contributed by atoms with Crippen LogP contribution < -0.4 is 10.6 Å². The first-order valence-electron chi connectivity index (χ1n) is 11.2. The van der Waals surface area contributed by atoms with Gasteiger partial charge in [0.25, 0.3) is 5.91 Å². The van der Waals surface area contributed by atoms with Crippen LogP contribution in [0.2, 0.25) is 0 Å². The van der Waals surface area contributed by atoms with E-state index in [9.17, 15) is 9.59 Å². The zero-order chi connectivity index (χ0) is 23.0. The molecule has 0 unspecified atom stereocenters. The fourth-order valence-electron chi connectivity index (χ4n) is 3.76. The van der Waals surface area contributed by atoms with Gasteiger partial charge >= 0.3 is 0 Å². The van der Waals surface area contributed by atoms with Crippen LogP contribution in [-0.4, -0.2) is 72.4 Å². The Labute approximate surface area is 193 Å². The van der Waals surface area contributed by atoms with Crippen LogP contribution in [0, 0.1) is 6.92 Å². The number of morpholine rings is 1. The summed E-state index contributed by atoms with van der Waals surface area (Å²) in [7, 11) is 0. The lowest BCUT2D eigenvalue weighted by atomic mass is 10.1. The Balaban J connectivity index is 1.42. The van der Waals surface area contributed by atoms with Gasteiger partial charge in [0, 0.05) is 37.9 Å². The van der Waals surface area contributed by atoms with Crippen molar-refractivity contribution < 1.29 is 14.3 Å². The number of nitrogens with one attached hydrogen (secondary N) is 2. The second-order valence-electron chi connectivity index (χ2n) is 8.03. The van der Waals surface area contributed by atoms with Gasteiger partial charge in [-0.2, -0.15) is 5.10 Å². The van der Waals surface area contributed by atoms with Crippen molar-refractivity contribution in [1.29, 1.82) is 0 Å². The van der Waals surface area contributed by atoms with Gasteiger partial charge in [-0.05, 0) is 25.1 Å². The Morgan fingerprint density at radius 2 is 1.82 bits per heavy atom. The van der Waals surface area contributed by atoms with E-state index in [4.69, 9.17) is 4.74 Å². The summed E-state index contributed by atoms with van der Waals surface area (Å²) in [6.45, 7) is 6.41. The lowest BCUT2D eigenvalue weighted by Gasteiger charge is -2.26. The van der Waals surface area contributed by atoms with E-state index in [0.29, 0.717) is 17.8 Å². The third-order valence-corrected chi connectivity index (χ3v) is 5.53. The average molecular weight is 448 g/mol. The van der Waals surface area contributed by atoms with Crippen LogP contribution in [0.5, 0.6) is 0 Å². The van der Waals surface area contributed by atoms with Gasteiger partial charge < -0.3 is 15.4 Å². The van der Waals surface area contributed by atoms with Gasteiger partial charge in [0.15, 0.2) is 0 Å². The molecule has 0 spiro atoms. The molecule has 2 aromatic carbocycles. The number of hydrogen-bond acceptors (Lipinski definition) is 5. The van der Waals surface area contributed by atoms with E-state index >= 15 is 0 Å². The van der Waals surface area contributed by atoms with Crippen molar-refractivity contribution in [1.82, 2.24) is 25.3 Å². The minimum Gasteiger partial charge on any atom is -0.379 e. The van der Waals surface area contributed by atoms with Crippen molar-refractivity contribution in [3.8, 4) is 16.9 Å². The Morgan fingerprint density at radius 3 is 2.58 bits per heavy atom. The highest BCUT2D eigenvalue weighted by atomic mass is 16.5. The van der Waals surface area contributed by atoms with Gasteiger partial charge in [-0.25, -0.2) is 4.68 Å². The molecule has 0 radical (unpaired) electrons.